The van der Waals surface area contributed by atoms with Gasteiger partial charge in [-0.3, -0.25) is 14.4 Å². The molecule has 2 aliphatic rings. The number of alkyl halides is 3. The minimum absolute atomic E-state index is 0.00692. The standard InChI is InChI=1S/C27H37F3N2O4/c1-6-10-19(33)13-14-31-22-15-20(24(34)32(17(2)3)18-11-8-7-9-12-18)21(27(28,29)30)16-23(22)36-26(4,5)25(31)35/h15-18H,6-14H2,1-5H3. The normalized spacial score (nSPS) is 18.1. The van der Waals surface area contributed by atoms with Crippen LogP contribution in [0.15, 0.2) is 12.1 Å². The molecule has 36 heavy (non-hydrogen) atoms. The van der Waals surface area contributed by atoms with E-state index in [9.17, 15) is 27.6 Å². The number of benzene rings is 1. The van der Waals surface area contributed by atoms with E-state index >= 15 is 0 Å². The molecule has 0 bridgehead atoms. The Kier molecular flexibility index (Phi) is 8.41. The van der Waals surface area contributed by atoms with E-state index in [1.54, 1.807) is 18.7 Å². The van der Waals surface area contributed by atoms with Crippen LogP contribution in [0.2, 0.25) is 0 Å². The van der Waals surface area contributed by atoms with E-state index < -0.39 is 34.7 Å². The molecule has 1 fully saturated rings. The number of ketones is 1. The minimum atomic E-state index is -4.80. The molecule has 0 unspecified atom stereocenters. The van der Waals surface area contributed by atoms with Gasteiger partial charge in [0, 0.05) is 31.5 Å². The summed E-state index contributed by atoms with van der Waals surface area (Å²) < 4.78 is 48.4. The highest BCUT2D eigenvalue weighted by Gasteiger charge is 2.45. The van der Waals surface area contributed by atoms with Crippen LogP contribution in [0.1, 0.15) is 102 Å². The van der Waals surface area contributed by atoms with E-state index in [4.69, 9.17) is 4.74 Å². The monoisotopic (exact) mass is 510 g/mol. The predicted octanol–water partition coefficient (Wildman–Crippen LogP) is 6.15. The van der Waals surface area contributed by atoms with E-state index in [1.165, 1.54) is 18.7 Å². The first kappa shape index (κ1) is 28.0. The molecule has 1 aliphatic carbocycles. The topological polar surface area (TPSA) is 66.9 Å². The number of fused-ring (bicyclic) bond motifs is 1. The number of hydrogen-bond donors (Lipinski definition) is 0. The Hall–Kier alpha value is -2.58. The van der Waals surface area contributed by atoms with Gasteiger partial charge < -0.3 is 14.5 Å². The van der Waals surface area contributed by atoms with Crippen LogP contribution >= 0.6 is 0 Å². The third kappa shape index (κ3) is 5.86. The second-order valence-corrected chi connectivity index (χ2v) is 10.6. The van der Waals surface area contributed by atoms with Crippen molar-refractivity contribution in [3.8, 4) is 5.75 Å². The fourth-order valence-corrected chi connectivity index (χ4v) is 5.21. The maximum atomic E-state index is 14.2. The highest BCUT2D eigenvalue weighted by molar-refractivity contribution is 6.05. The summed E-state index contributed by atoms with van der Waals surface area (Å²) in [5.41, 5.74) is -2.91. The van der Waals surface area contributed by atoms with Crippen molar-refractivity contribution in [1.82, 2.24) is 4.90 Å². The summed E-state index contributed by atoms with van der Waals surface area (Å²) in [6, 6.07) is 1.54. The number of amides is 2. The quantitative estimate of drug-likeness (QED) is 0.421. The van der Waals surface area contributed by atoms with Crippen molar-refractivity contribution in [3.63, 3.8) is 0 Å². The zero-order valence-electron chi connectivity index (χ0n) is 21.8. The van der Waals surface area contributed by atoms with Gasteiger partial charge in [-0.15, -0.1) is 0 Å². The molecule has 1 saturated carbocycles. The molecule has 1 aromatic carbocycles. The Labute approximate surface area is 211 Å². The summed E-state index contributed by atoms with van der Waals surface area (Å²) in [6.45, 7) is 8.45. The van der Waals surface area contributed by atoms with Crippen LogP contribution in [0, 0.1) is 0 Å². The molecular formula is C27H37F3N2O4. The summed E-state index contributed by atoms with van der Waals surface area (Å²) in [5, 5.41) is 0. The van der Waals surface area contributed by atoms with Crippen molar-refractivity contribution >= 4 is 23.3 Å². The highest BCUT2D eigenvalue weighted by Crippen LogP contribution is 2.44. The molecule has 200 valence electrons. The molecule has 0 atom stereocenters. The van der Waals surface area contributed by atoms with E-state index in [0.717, 1.165) is 44.2 Å². The van der Waals surface area contributed by atoms with E-state index in [0.29, 0.717) is 12.8 Å². The van der Waals surface area contributed by atoms with Gasteiger partial charge in [0.05, 0.1) is 16.8 Å². The Morgan fingerprint density at radius 3 is 2.33 bits per heavy atom. The average molecular weight is 511 g/mol. The Balaban J connectivity index is 2.12. The second kappa shape index (κ2) is 10.8. The number of ether oxygens (including phenoxy) is 1. The Morgan fingerprint density at radius 2 is 1.78 bits per heavy atom. The molecule has 0 aromatic heterocycles. The number of anilines is 1. The van der Waals surface area contributed by atoms with Crippen LogP contribution in [-0.2, 0) is 15.8 Å². The van der Waals surface area contributed by atoms with Gasteiger partial charge in [0.25, 0.3) is 11.8 Å². The van der Waals surface area contributed by atoms with Gasteiger partial charge in [0.2, 0.25) is 0 Å². The second-order valence-electron chi connectivity index (χ2n) is 10.6. The van der Waals surface area contributed by atoms with Gasteiger partial charge in [-0.25, -0.2) is 0 Å². The summed E-state index contributed by atoms with van der Waals surface area (Å²) in [6.07, 6.45) is 0.683. The molecule has 0 saturated heterocycles. The highest BCUT2D eigenvalue weighted by atomic mass is 19.4. The number of carbonyl (C=O) groups is 3. The summed E-state index contributed by atoms with van der Waals surface area (Å²) >= 11 is 0. The van der Waals surface area contributed by atoms with Crippen molar-refractivity contribution in [2.45, 2.75) is 110 Å². The van der Waals surface area contributed by atoms with Crippen LogP contribution in [0.4, 0.5) is 18.9 Å². The lowest BCUT2D eigenvalue weighted by atomic mass is 9.92. The summed E-state index contributed by atoms with van der Waals surface area (Å²) in [5.74, 6) is -1.33. The van der Waals surface area contributed by atoms with Crippen molar-refractivity contribution in [3.05, 3.63) is 23.3 Å². The lowest BCUT2D eigenvalue weighted by molar-refractivity contribution is -0.138. The number of nitrogens with zero attached hydrogens (tertiary/aromatic N) is 2. The van der Waals surface area contributed by atoms with E-state index in [1.807, 2.05) is 6.92 Å². The molecule has 0 radical (unpaired) electrons. The first-order valence-corrected chi connectivity index (χ1v) is 12.9. The number of Topliss-reactive ketones (excluding diaryl/α,β-unsaturated/α-hetero) is 1. The zero-order valence-corrected chi connectivity index (χ0v) is 21.8. The van der Waals surface area contributed by atoms with Crippen molar-refractivity contribution < 1.29 is 32.3 Å². The van der Waals surface area contributed by atoms with Gasteiger partial charge in [-0.2, -0.15) is 13.2 Å². The zero-order chi connectivity index (χ0) is 26.8. The molecule has 2 amide bonds. The van der Waals surface area contributed by atoms with Crippen LogP contribution in [0.5, 0.6) is 5.75 Å². The Bertz CT molecular complexity index is 997. The van der Waals surface area contributed by atoms with Crippen LogP contribution in [0.25, 0.3) is 0 Å². The summed E-state index contributed by atoms with van der Waals surface area (Å²) in [7, 11) is 0. The van der Waals surface area contributed by atoms with Gasteiger partial charge in [0.1, 0.15) is 11.5 Å². The van der Waals surface area contributed by atoms with Crippen LogP contribution in [0.3, 0.4) is 0 Å². The maximum Gasteiger partial charge on any atom is 0.417 e. The van der Waals surface area contributed by atoms with Crippen LogP contribution < -0.4 is 9.64 Å². The largest absolute Gasteiger partial charge is 0.476 e. The molecule has 0 spiro atoms. The lowest BCUT2D eigenvalue weighted by Gasteiger charge is -2.40. The maximum absolute atomic E-state index is 14.2. The molecule has 9 heteroatoms. The Morgan fingerprint density at radius 1 is 1.14 bits per heavy atom. The first-order chi connectivity index (χ1) is 16.8. The predicted molar refractivity (Wildman–Crippen MR) is 131 cm³/mol. The molecule has 0 N–H and O–H groups in total. The third-order valence-electron chi connectivity index (χ3n) is 6.95. The fraction of sp³-hybridized carbons (Fsp3) is 0.667. The number of hydrogen-bond acceptors (Lipinski definition) is 4. The third-order valence-corrected chi connectivity index (χ3v) is 6.95. The molecule has 1 aromatic rings. The number of halogens is 3. The molecular weight excluding hydrogens is 473 g/mol. The number of rotatable bonds is 8. The molecule has 1 heterocycles. The molecule has 3 rings (SSSR count). The van der Waals surface area contributed by atoms with E-state index in [-0.39, 0.29) is 42.3 Å². The molecule has 1 aliphatic heterocycles. The van der Waals surface area contributed by atoms with E-state index in [2.05, 4.69) is 0 Å². The fourth-order valence-electron chi connectivity index (χ4n) is 5.21. The van der Waals surface area contributed by atoms with Gasteiger partial charge in [0.15, 0.2) is 5.60 Å². The van der Waals surface area contributed by atoms with Crippen molar-refractivity contribution in [2.75, 3.05) is 11.4 Å². The smallest absolute Gasteiger partial charge is 0.417 e. The summed E-state index contributed by atoms with van der Waals surface area (Å²) in [4.78, 5) is 42.0. The van der Waals surface area contributed by atoms with Crippen molar-refractivity contribution in [1.29, 1.82) is 0 Å². The SMILES string of the molecule is CCCC(=O)CCN1C(=O)C(C)(C)Oc2cc(C(F)(F)F)c(C(=O)N(C(C)C)C3CCCCC3)cc21. The van der Waals surface area contributed by atoms with Gasteiger partial charge in [-0.1, -0.05) is 26.2 Å². The first-order valence-electron chi connectivity index (χ1n) is 12.9. The minimum Gasteiger partial charge on any atom is -0.476 e. The lowest BCUT2D eigenvalue weighted by Crippen LogP contribution is -2.53. The van der Waals surface area contributed by atoms with Gasteiger partial charge >= 0.3 is 6.18 Å². The van der Waals surface area contributed by atoms with Crippen LogP contribution in [-0.4, -0.2) is 46.7 Å². The molecule has 6 nitrogen and oxygen atoms in total. The number of carbonyl (C=O) groups excluding carboxylic acids is 3. The average Bonchev–Trinajstić information content (AvgIpc) is 2.78. The van der Waals surface area contributed by atoms with Gasteiger partial charge in [-0.05, 0) is 59.1 Å². The van der Waals surface area contributed by atoms with Crippen molar-refractivity contribution in [2.24, 2.45) is 0 Å².